The van der Waals surface area contributed by atoms with Gasteiger partial charge in [-0.1, -0.05) is 49.7 Å². The summed E-state index contributed by atoms with van der Waals surface area (Å²) in [6.45, 7) is 10.9. The first kappa shape index (κ1) is 27.0. The van der Waals surface area contributed by atoms with Gasteiger partial charge in [-0.05, 0) is 44.9 Å². The summed E-state index contributed by atoms with van der Waals surface area (Å²) in [5.41, 5.74) is 2.23. The fourth-order valence-corrected chi connectivity index (χ4v) is 3.75. The van der Waals surface area contributed by atoms with Crippen molar-refractivity contribution in [3.05, 3.63) is 59.7 Å². The highest BCUT2D eigenvalue weighted by Crippen LogP contribution is 2.26. The van der Waals surface area contributed by atoms with Gasteiger partial charge in [0, 0.05) is 37.2 Å². The van der Waals surface area contributed by atoms with E-state index in [9.17, 15) is 4.79 Å². The van der Waals surface area contributed by atoms with Crippen LogP contribution in [0.15, 0.2) is 53.5 Å². The number of hydrogen-bond acceptors (Lipinski definition) is 3. The number of benzene rings is 2. The van der Waals surface area contributed by atoms with Gasteiger partial charge in [0.05, 0.1) is 6.54 Å². The number of nitrogens with one attached hydrogen (secondary N) is 2. The first-order chi connectivity index (χ1) is 15.5. The fourth-order valence-electron chi connectivity index (χ4n) is 3.75. The molecule has 180 valence electrons. The Morgan fingerprint density at radius 3 is 2.42 bits per heavy atom. The smallest absolute Gasteiger partial charge is 0.225 e. The molecular formula is C26H37IN4O2. The maximum Gasteiger partial charge on any atom is 0.225 e. The van der Waals surface area contributed by atoms with Crippen molar-refractivity contribution in [2.75, 3.05) is 19.6 Å². The molecule has 33 heavy (non-hydrogen) atoms. The molecular weight excluding hydrogens is 527 g/mol. The number of guanidine groups is 1. The molecule has 2 aromatic carbocycles. The second kappa shape index (κ2) is 13.4. The molecule has 0 aliphatic carbocycles. The van der Waals surface area contributed by atoms with E-state index in [0.29, 0.717) is 12.6 Å². The predicted octanol–water partition coefficient (Wildman–Crippen LogP) is 5.11. The molecule has 0 radical (unpaired) electrons. The van der Waals surface area contributed by atoms with E-state index in [1.807, 2.05) is 67.3 Å². The average molecular weight is 565 g/mol. The van der Waals surface area contributed by atoms with E-state index in [1.54, 1.807) is 0 Å². The Kier molecular flexibility index (Phi) is 11.0. The van der Waals surface area contributed by atoms with Gasteiger partial charge >= 0.3 is 0 Å². The number of piperidine rings is 1. The lowest BCUT2D eigenvalue weighted by atomic mass is 10.0. The molecule has 6 nitrogen and oxygen atoms in total. The van der Waals surface area contributed by atoms with Crippen molar-refractivity contribution in [2.24, 2.45) is 10.9 Å². The van der Waals surface area contributed by atoms with Crippen LogP contribution in [0.1, 0.15) is 44.7 Å². The molecule has 0 saturated carbocycles. The SMILES string of the molecule is CCNC(=NCc1ccccc1Oc1ccc(C)cc1)NC1CCN(C(=O)C(C)C)CC1.I. The number of aliphatic imine (C=N–C) groups is 1. The fraction of sp³-hybridized carbons (Fsp3) is 0.462. The van der Waals surface area contributed by atoms with Gasteiger partial charge in [0.1, 0.15) is 11.5 Å². The summed E-state index contributed by atoms with van der Waals surface area (Å²) in [5.74, 6) is 2.73. The standard InChI is InChI=1S/C26H36N4O2.HI/c1-5-27-26(29-22-14-16-30(17-15-22)25(31)19(2)3)28-18-21-8-6-7-9-24(21)32-23-12-10-20(4)11-13-23;/h6-13,19,22H,5,14-18H2,1-4H3,(H2,27,28,29);1H. The lowest BCUT2D eigenvalue weighted by Gasteiger charge is -2.34. The van der Waals surface area contributed by atoms with Crippen LogP contribution in [0.4, 0.5) is 0 Å². The third-order valence-electron chi connectivity index (χ3n) is 5.61. The minimum Gasteiger partial charge on any atom is -0.457 e. The van der Waals surface area contributed by atoms with Crippen LogP contribution in [0.3, 0.4) is 0 Å². The third kappa shape index (κ3) is 8.21. The summed E-state index contributed by atoms with van der Waals surface area (Å²) in [5, 5.41) is 6.90. The Morgan fingerprint density at radius 2 is 1.79 bits per heavy atom. The summed E-state index contributed by atoms with van der Waals surface area (Å²) >= 11 is 0. The Bertz CT molecular complexity index is 907. The molecule has 1 heterocycles. The van der Waals surface area contributed by atoms with Crippen molar-refractivity contribution in [1.29, 1.82) is 0 Å². The highest BCUT2D eigenvalue weighted by Gasteiger charge is 2.24. The molecule has 0 aromatic heterocycles. The third-order valence-corrected chi connectivity index (χ3v) is 5.61. The predicted molar refractivity (Wildman–Crippen MR) is 146 cm³/mol. The maximum atomic E-state index is 12.2. The van der Waals surface area contributed by atoms with Gasteiger partial charge in [-0.2, -0.15) is 0 Å². The van der Waals surface area contributed by atoms with Crippen LogP contribution in [-0.2, 0) is 11.3 Å². The van der Waals surface area contributed by atoms with E-state index in [0.717, 1.165) is 55.5 Å². The van der Waals surface area contributed by atoms with Gasteiger partial charge in [0.25, 0.3) is 0 Å². The van der Waals surface area contributed by atoms with E-state index in [1.165, 1.54) is 5.56 Å². The second-order valence-electron chi connectivity index (χ2n) is 8.62. The van der Waals surface area contributed by atoms with Crippen LogP contribution in [0, 0.1) is 12.8 Å². The Morgan fingerprint density at radius 1 is 1.12 bits per heavy atom. The minimum atomic E-state index is 0. The van der Waals surface area contributed by atoms with Crippen LogP contribution in [0.2, 0.25) is 0 Å². The zero-order chi connectivity index (χ0) is 22.9. The van der Waals surface area contributed by atoms with E-state index >= 15 is 0 Å². The first-order valence-corrected chi connectivity index (χ1v) is 11.6. The number of rotatable bonds is 7. The first-order valence-electron chi connectivity index (χ1n) is 11.6. The van der Waals surface area contributed by atoms with Crippen molar-refractivity contribution < 1.29 is 9.53 Å². The summed E-state index contributed by atoms with van der Waals surface area (Å²) in [6.07, 6.45) is 1.85. The number of carbonyl (C=O) groups is 1. The number of nitrogens with zero attached hydrogens (tertiary/aromatic N) is 2. The number of para-hydroxylation sites is 1. The Labute approximate surface area is 215 Å². The van der Waals surface area contributed by atoms with Gasteiger partial charge in [-0.25, -0.2) is 4.99 Å². The van der Waals surface area contributed by atoms with Crippen molar-refractivity contribution in [1.82, 2.24) is 15.5 Å². The van der Waals surface area contributed by atoms with Gasteiger partial charge in [-0.3, -0.25) is 4.79 Å². The Balaban J connectivity index is 0.00000385. The van der Waals surface area contributed by atoms with E-state index in [4.69, 9.17) is 9.73 Å². The maximum absolute atomic E-state index is 12.2. The van der Waals surface area contributed by atoms with Gasteiger partial charge < -0.3 is 20.3 Å². The average Bonchev–Trinajstić information content (AvgIpc) is 2.80. The zero-order valence-corrected chi connectivity index (χ0v) is 22.5. The van der Waals surface area contributed by atoms with Crippen LogP contribution in [0.25, 0.3) is 0 Å². The summed E-state index contributed by atoms with van der Waals surface area (Å²) in [4.78, 5) is 19.0. The summed E-state index contributed by atoms with van der Waals surface area (Å²) in [7, 11) is 0. The van der Waals surface area contributed by atoms with E-state index in [2.05, 4.69) is 24.5 Å². The van der Waals surface area contributed by atoms with Crippen molar-refractivity contribution in [3.63, 3.8) is 0 Å². The Hall–Kier alpha value is -2.29. The lowest BCUT2D eigenvalue weighted by molar-refractivity contribution is -0.135. The van der Waals surface area contributed by atoms with Crippen molar-refractivity contribution >= 4 is 35.8 Å². The lowest BCUT2D eigenvalue weighted by Crippen LogP contribution is -2.50. The number of aryl methyl sites for hydroxylation is 1. The van der Waals surface area contributed by atoms with Gasteiger partial charge in [-0.15, -0.1) is 24.0 Å². The highest BCUT2D eigenvalue weighted by atomic mass is 127. The molecule has 0 spiro atoms. The molecule has 1 saturated heterocycles. The van der Waals surface area contributed by atoms with E-state index < -0.39 is 0 Å². The molecule has 1 aliphatic rings. The van der Waals surface area contributed by atoms with E-state index in [-0.39, 0.29) is 35.8 Å². The molecule has 0 unspecified atom stereocenters. The number of hydrogen-bond donors (Lipinski definition) is 2. The molecule has 1 aliphatic heterocycles. The van der Waals surface area contributed by atoms with Gasteiger partial charge in [0.15, 0.2) is 5.96 Å². The van der Waals surface area contributed by atoms with Gasteiger partial charge in [0.2, 0.25) is 5.91 Å². The zero-order valence-electron chi connectivity index (χ0n) is 20.1. The molecule has 3 rings (SSSR count). The molecule has 2 aromatic rings. The van der Waals surface area contributed by atoms with Crippen LogP contribution < -0.4 is 15.4 Å². The number of amides is 1. The molecule has 2 N–H and O–H groups in total. The summed E-state index contributed by atoms with van der Waals surface area (Å²) in [6, 6.07) is 16.4. The molecule has 7 heteroatoms. The molecule has 0 bridgehead atoms. The number of ether oxygens (including phenoxy) is 1. The quantitative estimate of drug-likeness (QED) is 0.279. The molecule has 1 fully saturated rings. The van der Waals surface area contributed by atoms with Crippen LogP contribution in [-0.4, -0.2) is 42.4 Å². The summed E-state index contributed by atoms with van der Waals surface area (Å²) < 4.78 is 6.11. The largest absolute Gasteiger partial charge is 0.457 e. The number of likely N-dealkylation sites (tertiary alicyclic amines) is 1. The number of carbonyl (C=O) groups excluding carboxylic acids is 1. The topological polar surface area (TPSA) is 66.0 Å². The normalized spacial score (nSPS) is 14.6. The monoisotopic (exact) mass is 564 g/mol. The van der Waals surface area contributed by atoms with Crippen LogP contribution >= 0.6 is 24.0 Å². The molecule has 1 amide bonds. The second-order valence-corrected chi connectivity index (χ2v) is 8.62. The van der Waals surface area contributed by atoms with Crippen molar-refractivity contribution in [3.8, 4) is 11.5 Å². The highest BCUT2D eigenvalue weighted by molar-refractivity contribution is 14.0. The minimum absolute atomic E-state index is 0. The van der Waals surface area contributed by atoms with Crippen molar-refractivity contribution in [2.45, 2.75) is 53.1 Å². The number of halogens is 1. The molecule has 0 atom stereocenters. The van der Waals surface area contributed by atoms with Crippen LogP contribution in [0.5, 0.6) is 11.5 Å².